The Kier molecular flexibility index (Phi) is 3.56. The van der Waals surface area contributed by atoms with Gasteiger partial charge in [0.25, 0.3) is 0 Å². The zero-order valence-corrected chi connectivity index (χ0v) is 11.0. The van der Waals surface area contributed by atoms with Gasteiger partial charge in [0.1, 0.15) is 5.69 Å². The highest BCUT2D eigenvalue weighted by Crippen LogP contribution is 2.18. The quantitative estimate of drug-likeness (QED) is 0.816. The maximum absolute atomic E-state index is 13.0. The minimum Gasteiger partial charge on any atom is -0.292 e. The normalized spacial score (nSPS) is 10.7. The van der Waals surface area contributed by atoms with Crippen molar-refractivity contribution in [3.63, 3.8) is 0 Å². The summed E-state index contributed by atoms with van der Waals surface area (Å²) in [5.74, 6) is -2.09. The van der Waals surface area contributed by atoms with Crippen molar-refractivity contribution >= 4 is 21.7 Å². The first-order valence-corrected chi connectivity index (χ1v) is 5.93. The van der Waals surface area contributed by atoms with Gasteiger partial charge in [-0.15, -0.1) is 0 Å². The summed E-state index contributed by atoms with van der Waals surface area (Å²) in [6.45, 7) is 0. The molecule has 2 aromatic rings. The number of carbonyl (C=O) groups excluding carboxylic acids is 1. The third kappa shape index (κ3) is 2.48. The van der Waals surface area contributed by atoms with Crippen molar-refractivity contribution in [3.8, 4) is 0 Å². The molecule has 6 heteroatoms. The molecule has 0 spiro atoms. The van der Waals surface area contributed by atoms with E-state index in [4.69, 9.17) is 0 Å². The SMILES string of the molecule is Cn1ncc(Br)c1C(=O)Cc1ccc(F)c(F)c1. The molecule has 0 aliphatic carbocycles. The summed E-state index contributed by atoms with van der Waals surface area (Å²) < 4.78 is 27.8. The molecule has 2 rings (SSSR count). The topological polar surface area (TPSA) is 34.9 Å². The van der Waals surface area contributed by atoms with E-state index in [0.29, 0.717) is 15.7 Å². The number of benzene rings is 1. The fourth-order valence-electron chi connectivity index (χ4n) is 1.64. The Bertz CT molecular complexity index is 591. The van der Waals surface area contributed by atoms with Crippen molar-refractivity contribution in [1.29, 1.82) is 0 Å². The van der Waals surface area contributed by atoms with Gasteiger partial charge in [-0.3, -0.25) is 9.48 Å². The van der Waals surface area contributed by atoms with Crippen LogP contribution in [0.5, 0.6) is 0 Å². The molecule has 0 N–H and O–H groups in total. The third-order valence-electron chi connectivity index (χ3n) is 2.51. The van der Waals surface area contributed by atoms with Gasteiger partial charge in [0.05, 0.1) is 10.7 Å². The van der Waals surface area contributed by atoms with Crippen LogP contribution in [-0.2, 0) is 13.5 Å². The molecule has 0 unspecified atom stereocenters. The maximum atomic E-state index is 13.0. The molecule has 1 heterocycles. The van der Waals surface area contributed by atoms with Crippen LogP contribution in [0.2, 0.25) is 0 Å². The van der Waals surface area contributed by atoms with E-state index in [0.717, 1.165) is 12.1 Å². The summed E-state index contributed by atoms with van der Waals surface area (Å²) in [7, 11) is 1.64. The molecule has 1 aromatic heterocycles. The molecule has 0 aliphatic heterocycles. The van der Waals surface area contributed by atoms with Crippen LogP contribution in [0, 0.1) is 11.6 Å². The summed E-state index contributed by atoms with van der Waals surface area (Å²) in [5.41, 5.74) is 0.826. The second kappa shape index (κ2) is 4.97. The third-order valence-corrected chi connectivity index (χ3v) is 3.09. The van der Waals surface area contributed by atoms with E-state index in [9.17, 15) is 13.6 Å². The Labute approximate surface area is 111 Å². The molecule has 0 radical (unpaired) electrons. The fourth-order valence-corrected chi connectivity index (χ4v) is 2.21. The van der Waals surface area contributed by atoms with Gasteiger partial charge in [-0.2, -0.15) is 5.10 Å². The van der Waals surface area contributed by atoms with Crippen LogP contribution < -0.4 is 0 Å². The summed E-state index contributed by atoms with van der Waals surface area (Å²) in [6.07, 6.45) is 1.51. The van der Waals surface area contributed by atoms with Gasteiger partial charge in [0, 0.05) is 13.5 Å². The van der Waals surface area contributed by atoms with Crippen molar-refractivity contribution < 1.29 is 13.6 Å². The van der Waals surface area contributed by atoms with E-state index in [2.05, 4.69) is 21.0 Å². The van der Waals surface area contributed by atoms with E-state index in [-0.39, 0.29) is 12.2 Å². The Balaban J connectivity index is 2.24. The minimum absolute atomic E-state index is 0.00463. The predicted molar refractivity (Wildman–Crippen MR) is 65.3 cm³/mol. The molecule has 0 bridgehead atoms. The lowest BCUT2D eigenvalue weighted by atomic mass is 10.1. The molecule has 0 atom stereocenters. The lowest BCUT2D eigenvalue weighted by Gasteiger charge is -2.03. The van der Waals surface area contributed by atoms with Crippen LogP contribution in [0.1, 0.15) is 16.1 Å². The molecule has 0 saturated heterocycles. The number of ketones is 1. The standard InChI is InChI=1S/C12H9BrF2N2O/c1-17-12(8(13)6-16-17)11(18)5-7-2-3-9(14)10(15)4-7/h2-4,6H,5H2,1H3. The molecule has 0 amide bonds. The van der Waals surface area contributed by atoms with Gasteiger partial charge >= 0.3 is 0 Å². The van der Waals surface area contributed by atoms with Crippen LogP contribution in [0.25, 0.3) is 0 Å². The number of Topliss-reactive ketones (excluding diaryl/α,β-unsaturated/α-hetero) is 1. The largest absolute Gasteiger partial charge is 0.292 e. The van der Waals surface area contributed by atoms with E-state index < -0.39 is 11.6 Å². The average Bonchev–Trinajstić information content (AvgIpc) is 2.64. The molecule has 0 saturated carbocycles. The Hall–Kier alpha value is -1.56. The van der Waals surface area contributed by atoms with Crippen molar-refractivity contribution in [3.05, 3.63) is 51.8 Å². The van der Waals surface area contributed by atoms with Gasteiger partial charge in [-0.1, -0.05) is 6.07 Å². The van der Waals surface area contributed by atoms with Crippen LogP contribution >= 0.6 is 15.9 Å². The number of aromatic nitrogens is 2. The number of hydrogen-bond acceptors (Lipinski definition) is 2. The average molecular weight is 315 g/mol. The molecule has 0 aliphatic rings. The second-order valence-corrected chi connectivity index (χ2v) is 4.67. The Morgan fingerprint density at radius 3 is 2.67 bits per heavy atom. The Morgan fingerprint density at radius 1 is 1.39 bits per heavy atom. The maximum Gasteiger partial charge on any atom is 0.186 e. The number of carbonyl (C=O) groups is 1. The van der Waals surface area contributed by atoms with Crippen molar-refractivity contribution in [1.82, 2.24) is 9.78 Å². The summed E-state index contributed by atoms with van der Waals surface area (Å²) in [4.78, 5) is 12.0. The van der Waals surface area contributed by atoms with Gasteiger partial charge in [-0.05, 0) is 33.6 Å². The zero-order valence-electron chi connectivity index (χ0n) is 9.45. The molecule has 18 heavy (non-hydrogen) atoms. The van der Waals surface area contributed by atoms with Crippen molar-refractivity contribution in [2.75, 3.05) is 0 Å². The number of aryl methyl sites for hydroxylation is 1. The monoisotopic (exact) mass is 314 g/mol. The molecule has 0 fully saturated rings. The fraction of sp³-hybridized carbons (Fsp3) is 0.167. The smallest absolute Gasteiger partial charge is 0.186 e. The van der Waals surface area contributed by atoms with Crippen LogP contribution in [-0.4, -0.2) is 15.6 Å². The van der Waals surface area contributed by atoms with Crippen LogP contribution in [0.4, 0.5) is 8.78 Å². The highest BCUT2D eigenvalue weighted by Gasteiger charge is 2.16. The van der Waals surface area contributed by atoms with Gasteiger partial charge < -0.3 is 0 Å². The summed E-state index contributed by atoms with van der Waals surface area (Å²) in [5, 5.41) is 3.93. The first kappa shape index (κ1) is 12.9. The van der Waals surface area contributed by atoms with Crippen LogP contribution in [0.3, 0.4) is 0 Å². The number of rotatable bonds is 3. The summed E-state index contributed by atoms with van der Waals surface area (Å²) >= 11 is 3.22. The predicted octanol–water partition coefficient (Wildman–Crippen LogP) is 2.89. The van der Waals surface area contributed by atoms with Gasteiger partial charge in [0.2, 0.25) is 0 Å². The first-order valence-electron chi connectivity index (χ1n) is 5.13. The molecule has 1 aromatic carbocycles. The van der Waals surface area contributed by atoms with Crippen molar-refractivity contribution in [2.24, 2.45) is 7.05 Å². The molecule has 94 valence electrons. The number of nitrogens with zero attached hydrogens (tertiary/aromatic N) is 2. The van der Waals surface area contributed by atoms with Gasteiger partial charge in [0.15, 0.2) is 17.4 Å². The second-order valence-electron chi connectivity index (χ2n) is 3.81. The lowest BCUT2D eigenvalue weighted by Crippen LogP contribution is -2.10. The van der Waals surface area contributed by atoms with E-state index >= 15 is 0 Å². The van der Waals surface area contributed by atoms with E-state index in [1.165, 1.54) is 16.9 Å². The highest BCUT2D eigenvalue weighted by molar-refractivity contribution is 9.10. The lowest BCUT2D eigenvalue weighted by molar-refractivity contribution is 0.0983. The highest BCUT2D eigenvalue weighted by atomic mass is 79.9. The minimum atomic E-state index is -0.954. The molecular weight excluding hydrogens is 306 g/mol. The van der Waals surface area contributed by atoms with Gasteiger partial charge in [-0.25, -0.2) is 8.78 Å². The number of hydrogen-bond donors (Lipinski definition) is 0. The molecular formula is C12H9BrF2N2O. The number of halogens is 3. The first-order chi connectivity index (χ1) is 8.49. The molecule has 3 nitrogen and oxygen atoms in total. The van der Waals surface area contributed by atoms with E-state index in [1.807, 2.05) is 0 Å². The van der Waals surface area contributed by atoms with Crippen LogP contribution in [0.15, 0.2) is 28.9 Å². The van der Waals surface area contributed by atoms with E-state index in [1.54, 1.807) is 7.05 Å². The summed E-state index contributed by atoms with van der Waals surface area (Å²) in [6, 6.07) is 3.42. The van der Waals surface area contributed by atoms with Crippen molar-refractivity contribution in [2.45, 2.75) is 6.42 Å². The Morgan fingerprint density at radius 2 is 2.11 bits per heavy atom. The zero-order chi connectivity index (χ0) is 13.3.